The Morgan fingerprint density at radius 1 is 0.962 bits per heavy atom. The number of ether oxygens (including phenoxy) is 3. The van der Waals surface area contributed by atoms with Gasteiger partial charge in [-0.05, 0) is 106 Å². The van der Waals surface area contributed by atoms with E-state index in [2.05, 4.69) is 47.3 Å². The number of carbonyl (C=O) groups is 1. The van der Waals surface area contributed by atoms with Gasteiger partial charge in [0.1, 0.15) is 42.1 Å². The number of aromatic nitrogens is 1. The van der Waals surface area contributed by atoms with E-state index in [0.29, 0.717) is 45.4 Å². The molecule has 274 valence electrons. The molecule has 1 atom stereocenters. The van der Waals surface area contributed by atoms with Crippen molar-refractivity contribution in [2.75, 3.05) is 32.8 Å². The molecule has 10 nitrogen and oxygen atoms in total. The molecule has 3 N–H and O–H groups in total. The molecule has 52 heavy (non-hydrogen) atoms. The molecule has 0 unspecified atom stereocenters. The summed E-state index contributed by atoms with van der Waals surface area (Å²) >= 11 is 6.90. The first-order chi connectivity index (χ1) is 25.0. The molecular weight excluding hydrogens is 680 g/mol. The van der Waals surface area contributed by atoms with Gasteiger partial charge in [-0.3, -0.25) is 15.1 Å². The van der Waals surface area contributed by atoms with Crippen LogP contribution in [0.4, 0.5) is 0 Å². The number of carboxylic acid groups (broad SMARTS) is 1. The van der Waals surface area contributed by atoms with Gasteiger partial charge in [0.2, 0.25) is 0 Å². The lowest BCUT2D eigenvalue weighted by atomic mass is 9.93. The number of aliphatic hydroxyl groups excluding tert-OH is 1. The number of aliphatic hydroxyl groups is 1. The molecule has 1 aliphatic heterocycles. The van der Waals surface area contributed by atoms with Crippen molar-refractivity contribution in [1.82, 2.24) is 15.2 Å². The Bertz CT molecular complexity index is 1920. The molecule has 0 bridgehead atoms. The second-order valence-corrected chi connectivity index (χ2v) is 13.9. The average Bonchev–Trinajstić information content (AvgIpc) is 3.68. The van der Waals surface area contributed by atoms with Crippen molar-refractivity contribution in [3.63, 3.8) is 0 Å². The second-order valence-electron chi connectivity index (χ2n) is 13.5. The number of pyridine rings is 1. The normalized spacial score (nSPS) is 14.1. The van der Waals surface area contributed by atoms with Crippen LogP contribution in [0.25, 0.3) is 11.1 Å². The van der Waals surface area contributed by atoms with E-state index in [1.807, 2.05) is 31.2 Å². The minimum atomic E-state index is -1.59. The van der Waals surface area contributed by atoms with Gasteiger partial charge < -0.3 is 29.3 Å². The third-order valence-electron chi connectivity index (χ3n) is 9.80. The Hall–Kier alpha value is -4.66. The number of hydrogen-bond acceptors (Lipinski definition) is 9. The van der Waals surface area contributed by atoms with E-state index in [4.69, 9.17) is 25.8 Å². The Morgan fingerprint density at radius 3 is 2.38 bits per heavy atom. The summed E-state index contributed by atoms with van der Waals surface area (Å²) in [6.45, 7) is 11.3. The zero-order valence-electron chi connectivity index (χ0n) is 30.3. The smallest absolute Gasteiger partial charge is 0.326 e. The number of hydrogen-bond donors (Lipinski definition) is 3. The molecule has 0 amide bonds. The first-order valence-corrected chi connectivity index (χ1v) is 18.0. The number of nitrogens with one attached hydrogen (secondary N) is 1. The highest BCUT2D eigenvalue weighted by Crippen LogP contribution is 2.39. The average molecular weight is 727 g/mol. The highest BCUT2D eigenvalue weighted by molar-refractivity contribution is 6.33. The van der Waals surface area contributed by atoms with E-state index in [1.54, 1.807) is 18.3 Å². The van der Waals surface area contributed by atoms with E-state index in [1.165, 1.54) is 39.1 Å². The molecule has 11 heteroatoms. The van der Waals surface area contributed by atoms with E-state index in [9.17, 15) is 20.3 Å². The molecular formula is C41H47ClN4O6. The van der Waals surface area contributed by atoms with Crippen molar-refractivity contribution in [2.45, 2.75) is 72.3 Å². The number of carboxylic acids is 1. The van der Waals surface area contributed by atoms with Gasteiger partial charge in [-0.25, -0.2) is 0 Å². The molecule has 2 heterocycles. The highest BCUT2D eigenvalue weighted by atomic mass is 35.5. The maximum atomic E-state index is 11.9. The topological polar surface area (TPSA) is 137 Å². The number of halogens is 1. The summed E-state index contributed by atoms with van der Waals surface area (Å²) < 4.78 is 18.9. The molecule has 1 fully saturated rings. The van der Waals surface area contributed by atoms with Crippen LogP contribution < -0.4 is 19.5 Å². The van der Waals surface area contributed by atoms with Gasteiger partial charge in [0.25, 0.3) is 0 Å². The van der Waals surface area contributed by atoms with Crippen LogP contribution in [0.15, 0.2) is 60.9 Å². The Balaban J connectivity index is 1.36. The largest absolute Gasteiger partial charge is 0.493 e. The second kappa shape index (κ2) is 17.7. The first-order valence-electron chi connectivity index (χ1n) is 17.6. The van der Waals surface area contributed by atoms with Crippen LogP contribution in [0.1, 0.15) is 65.1 Å². The zero-order chi connectivity index (χ0) is 37.3. The lowest BCUT2D eigenvalue weighted by Gasteiger charge is -2.26. The van der Waals surface area contributed by atoms with Crippen molar-refractivity contribution in [2.24, 2.45) is 0 Å². The number of nitriles is 1. The quantitative estimate of drug-likeness (QED) is 0.0963. The molecule has 1 aromatic heterocycles. The van der Waals surface area contributed by atoms with Crippen LogP contribution in [-0.4, -0.2) is 64.5 Å². The zero-order valence-corrected chi connectivity index (χ0v) is 31.1. The molecule has 0 saturated carbocycles. The van der Waals surface area contributed by atoms with Gasteiger partial charge >= 0.3 is 5.97 Å². The number of nitrogens with zero attached hydrogens (tertiary/aromatic N) is 3. The van der Waals surface area contributed by atoms with E-state index in [-0.39, 0.29) is 19.8 Å². The standard InChI is InChI=1S/C41H47ClN4O6/c1-27-32(10-7-11-33(27)34-12-8-13-36(28(34)2)50-17-9-16-46-14-5-6-15-46)25-52-38-19-37(51-24-31-18-30(20-43)21-44-22-31)35(29(3)39(38)42)23-45-41(4,26-47)40(48)49/h7-8,10-13,18-19,21-22,45,47H,5-6,9,14-17,23-26H2,1-4H3,(H,48,49)/t41-/m0/s1. The summed E-state index contributed by atoms with van der Waals surface area (Å²) in [5.41, 5.74) is 6.07. The monoisotopic (exact) mass is 726 g/mol. The van der Waals surface area contributed by atoms with Gasteiger partial charge in [0.15, 0.2) is 0 Å². The fourth-order valence-electron chi connectivity index (χ4n) is 6.32. The van der Waals surface area contributed by atoms with Crippen molar-refractivity contribution < 1.29 is 29.2 Å². The predicted molar refractivity (Wildman–Crippen MR) is 201 cm³/mol. The van der Waals surface area contributed by atoms with Gasteiger partial charge in [-0.15, -0.1) is 0 Å². The summed E-state index contributed by atoms with van der Waals surface area (Å²) in [7, 11) is 0. The van der Waals surface area contributed by atoms with Gasteiger partial charge in [0.05, 0.1) is 23.8 Å². The SMILES string of the molecule is Cc1c(COc2cc(OCc3cncc(C#N)c3)c(CN[C@@](C)(CO)C(=O)O)c(C)c2Cl)cccc1-c1cccc(OCCCN2CCCC2)c1C. The fraction of sp³-hybridized carbons (Fsp3) is 0.390. The van der Waals surface area contributed by atoms with Crippen LogP contribution in [0.2, 0.25) is 5.02 Å². The Labute approximate surface area is 310 Å². The van der Waals surface area contributed by atoms with Crippen LogP contribution in [0.3, 0.4) is 0 Å². The molecule has 0 radical (unpaired) electrons. The summed E-state index contributed by atoms with van der Waals surface area (Å²) in [4.78, 5) is 18.5. The molecule has 4 aromatic rings. The van der Waals surface area contributed by atoms with Crippen LogP contribution >= 0.6 is 11.6 Å². The van der Waals surface area contributed by atoms with E-state index < -0.39 is 18.1 Å². The van der Waals surface area contributed by atoms with Crippen LogP contribution in [-0.2, 0) is 24.6 Å². The predicted octanol–water partition coefficient (Wildman–Crippen LogP) is 7.15. The summed E-state index contributed by atoms with van der Waals surface area (Å²) in [5.74, 6) is 0.508. The van der Waals surface area contributed by atoms with E-state index >= 15 is 0 Å². The summed E-state index contributed by atoms with van der Waals surface area (Å²) in [6.07, 6.45) is 6.66. The van der Waals surface area contributed by atoms with Gasteiger partial charge in [-0.1, -0.05) is 41.9 Å². The minimum Gasteiger partial charge on any atom is -0.493 e. The molecule has 0 spiro atoms. The number of rotatable bonds is 17. The molecule has 1 aliphatic rings. The van der Waals surface area contributed by atoms with Crippen LogP contribution in [0, 0.1) is 32.1 Å². The van der Waals surface area contributed by atoms with Crippen molar-refractivity contribution in [1.29, 1.82) is 5.26 Å². The Kier molecular flexibility index (Phi) is 13.1. The maximum absolute atomic E-state index is 11.9. The summed E-state index contributed by atoms with van der Waals surface area (Å²) in [6, 6.07) is 17.8. The lowest BCUT2D eigenvalue weighted by Crippen LogP contribution is -2.52. The first kappa shape index (κ1) is 38.6. The van der Waals surface area contributed by atoms with Crippen molar-refractivity contribution in [3.05, 3.63) is 105 Å². The minimum absolute atomic E-state index is 0.0444. The fourth-order valence-corrected chi connectivity index (χ4v) is 6.55. The molecule has 5 rings (SSSR count). The number of aliphatic carboxylic acids is 1. The van der Waals surface area contributed by atoms with Gasteiger partial charge in [0, 0.05) is 42.7 Å². The molecule has 0 aliphatic carbocycles. The van der Waals surface area contributed by atoms with Crippen molar-refractivity contribution in [3.8, 4) is 34.4 Å². The van der Waals surface area contributed by atoms with Crippen LogP contribution in [0.5, 0.6) is 17.2 Å². The highest BCUT2D eigenvalue weighted by Gasteiger charge is 2.32. The van der Waals surface area contributed by atoms with E-state index in [0.717, 1.165) is 46.5 Å². The summed E-state index contributed by atoms with van der Waals surface area (Å²) in [5, 5.41) is 32.1. The number of likely N-dealkylation sites (tertiary alicyclic amines) is 1. The Morgan fingerprint density at radius 2 is 1.67 bits per heavy atom. The third kappa shape index (κ3) is 9.22. The van der Waals surface area contributed by atoms with Crippen molar-refractivity contribution >= 4 is 17.6 Å². The molecule has 3 aromatic carbocycles. The number of benzene rings is 3. The lowest BCUT2D eigenvalue weighted by molar-refractivity contribution is -0.145. The van der Waals surface area contributed by atoms with Gasteiger partial charge in [-0.2, -0.15) is 5.26 Å². The molecule has 1 saturated heterocycles. The third-order valence-corrected chi connectivity index (χ3v) is 10.3. The maximum Gasteiger partial charge on any atom is 0.326 e.